The number of nitrogens with zero attached hydrogens (tertiary/aromatic N) is 1. The van der Waals surface area contributed by atoms with E-state index in [0.717, 1.165) is 9.87 Å². The van der Waals surface area contributed by atoms with Gasteiger partial charge in [-0.3, -0.25) is 4.79 Å². The van der Waals surface area contributed by atoms with Crippen LogP contribution in [0.4, 0.5) is 0 Å². The standard InChI is InChI=1S/C24H23Cl3N2O4S/c1-16(17-4-9-21(33-2)10-5-17)28-24(30)15-29(14-18-3-6-20(26)13-23(18)27)34(31,32)22-11-7-19(25)8-12-22/h3-13,16H,14-15H2,1-2H3,(H,28,30). The SMILES string of the molecule is COc1ccc(C(C)NC(=O)CN(Cc2ccc(Cl)cc2Cl)S(=O)(=O)c2ccc(Cl)cc2)cc1. The lowest BCUT2D eigenvalue weighted by molar-refractivity contribution is -0.122. The van der Waals surface area contributed by atoms with E-state index in [1.807, 2.05) is 19.1 Å². The number of sulfonamides is 1. The number of hydrogen-bond acceptors (Lipinski definition) is 4. The van der Waals surface area contributed by atoms with Gasteiger partial charge in [0.2, 0.25) is 15.9 Å². The van der Waals surface area contributed by atoms with Crippen molar-refractivity contribution in [3.05, 3.63) is 92.9 Å². The predicted octanol–water partition coefficient (Wildman–Crippen LogP) is 5.72. The molecule has 0 saturated heterocycles. The zero-order valence-electron chi connectivity index (χ0n) is 18.5. The summed E-state index contributed by atoms with van der Waals surface area (Å²) in [6.45, 7) is 1.28. The van der Waals surface area contributed by atoms with Crippen molar-refractivity contribution in [3.63, 3.8) is 0 Å². The van der Waals surface area contributed by atoms with Crippen molar-refractivity contribution in [3.8, 4) is 5.75 Å². The molecule has 0 bridgehead atoms. The number of hydrogen-bond donors (Lipinski definition) is 1. The van der Waals surface area contributed by atoms with Crippen LogP contribution in [0.3, 0.4) is 0 Å². The second-order valence-corrected chi connectivity index (χ2v) is 10.7. The molecule has 3 aromatic carbocycles. The fraction of sp³-hybridized carbons (Fsp3) is 0.208. The predicted molar refractivity (Wildman–Crippen MR) is 135 cm³/mol. The van der Waals surface area contributed by atoms with Gasteiger partial charge in [-0.15, -0.1) is 0 Å². The summed E-state index contributed by atoms with van der Waals surface area (Å²) in [5, 5.41) is 3.97. The molecule has 0 aliphatic heterocycles. The number of ether oxygens (including phenoxy) is 1. The molecule has 0 aromatic heterocycles. The largest absolute Gasteiger partial charge is 0.497 e. The third kappa shape index (κ3) is 6.64. The third-order valence-electron chi connectivity index (χ3n) is 5.13. The van der Waals surface area contributed by atoms with Gasteiger partial charge in [-0.05, 0) is 66.6 Å². The Morgan fingerprint density at radius 3 is 2.18 bits per heavy atom. The highest BCUT2D eigenvalue weighted by molar-refractivity contribution is 7.89. The smallest absolute Gasteiger partial charge is 0.243 e. The Kier molecular flexibility index (Phi) is 8.84. The molecular formula is C24H23Cl3N2O4S. The second kappa shape index (κ2) is 11.4. The molecule has 0 heterocycles. The fourth-order valence-corrected chi connectivity index (χ4v) is 5.21. The maximum Gasteiger partial charge on any atom is 0.243 e. The average molecular weight is 542 g/mol. The van der Waals surface area contributed by atoms with Gasteiger partial charge in [-0.1, -0.05) is 53.0 Å². The first-order valence-electron chi connectivity index (χ1n) is 10.2. The summed E-state index contributed by atoms with van der Waals surface area (Å²) in [5.41, 5.74) is 1.36. The highest BCUT2D eigenvalue weighted by Gasteiger charge is 2.28. The molecule has 10 heteroatoms. The van der Waals surface area contributed by atoms with Crippen LogP contribution in [0.1, 0.15) is 24.1 Å². The van der Waals surface area contributed by atoms with Gasteiger partial charge in [0.05, 0.1) is 24.6 Å². The Balaban J connectivity index is 1.84. The number of methoxy groups -OCH3 is 1. The van der Waals surface area contributed by atoms with Crippen molar-refractivity contribution in [1.82, 2.24) is 9.62 Å². The van der Waals surface area contributed by atoms with E-state index in [-0.39, 0.29) is 17.5 Å². The molecule has 3 rings (SSSR count). The lowest BCUT2D eigenvalue weighted by Gasteiger charge is -2.24. The van der Waals surface area contributed by atoms with E-state index in [9.17, 15) is 13.2 Å². The number of nitrogens with one attached hydrogen (secondary N) is 1. The van der Waals surface area contributed by atoms with E-state index in [4.69, 9.17) is 39.5 Å². The van der Waals surface area contributed by atoms with Crippen molar-refractivity contribution in [1.29, 1.82) is 0 Å². The van der Waals surface area contributed by atoms with Crippen LogP contribution in [0, 0.1) is 0 Å². The lowest BCUT2D eigenvalue weighted by atomic mass is 10.1. The molecule has 1 amide bonds. The molecule has 3 aromatic rings. The van der Waals surface area contributed by atoms with Crippen LogP contribution in [0.15, 0.2) is 71.6 Å². The zero-order chi connectivity index (χ0) is 24.9. The number of rotatable bonds is 9. The van der Waals surface area contributed by atoms with Gasteiger partial charge in [0.1, 0.15) is 5.75 Å². The van der Waals surface area contributed by atoms with Crippen LogP contribution < -0.4 is 10.1 Å². The van der Waals surface area contributed by atoms with Gasteiger partial charge in [0.15, 0.2) is 0 Å². The first kappa shape index (κ1) is 26.3. The number of benzene rings is 3. The third-order valence-corrected chi connectivity index (χ3v) is 7.77. The summed E-state index contributed by atoms with van der Waals surface area (Å²) in [4.78, 5) is 12.9. The molecule has 6 nitrogen and oxygen atoms in total. The molecule has 0 aliphatic carbocycles. The molecule has 0 saturated carbocycles. The van der Waals surface area contributed by atoms with Crippen molar-refractivity contribution in [2.75, 3.05) is 13.7 Å². The number of carbonyl (C=O) groups excluding carboxylic acids is 1. The first-order chi connectivity index (χ1) is 16.1. The molecule has 0 aliphatic rings. The summed E-state index contributed by atoms with van der Waals surface area (Å²) < 4.78 is 33.0. The highest BCUT2D eigenvalue weighted by atomic mass is 35.5. The minimum absolute atomic E-state index is 0.0120. The van der Waals surface area contributed by atoms with Gasteiger partial charge in [-0.2, -0.15) is 4.31 Å². The van der Waals surface area contributed by atoms with Crippen molar-refractivity contribution < 1.29 is 17.9 Å². The molecule has 0 fully saturated rings. The van der Waals surface area contributed by atoms with Gasteiger partial charge in [0, 0.05) is 21.6 Å². The molecule has 180 valence electrons. The van der Waals surface area contributed by atoms with Crippen molar-refractivity contribution >= 4 is 50.7 Å². The topological polar surface area (TPSA) is 75.7 Å². The summed E-state index contributed by atoms with van der Waals surface area (Å²) in [7, 11) is -2.47. The van der Waals surface area contributed by atoms with Crippen LogP contribution in [-0.4, -0.2) is 32.3 Å². The lowest BCUT2D eigenvalue weighted by Crippen LogP contribution is -2.41. The fourth-order valence-electron chi connectivity index (χ4n) is 3.24. The molecule has 1 atom stereocenters. The summed E-state index contributed by atoms with van der Waals surface area (Å²) in [6, 6.07) is 17.4. The Morgan fingerprint density at radius 2 is 1.59 bits per heavy atom. The highest BCUT2D eigenvalue weighted by Crippen LogP contribution is 2.26. The van der Waals surface area contributed by atoms with Crippen LogP contribution in [0.5, 0.6) is 5.75 Å². The van der Waals surface area contributed by atoms with Crippen LogP contribution in [0.2, 0.25) is 15.1 Å². The zero-order valence-corrected chi connectivity index (χ0v) is 21.5. The van der Waals surface area contributed by atoms with E-state index in [2.05, 4.69) is 5.32 Å². The van der Waals surface area contributed by atoms with Gasteiger partial charge < -0.3 is 10.1 Å². The van der Waals surface area contributed by atoms with Crippen molar-refractivity contribution in [2.45, 2.75) is 24.4 Å². The summed E-state index contributed by atoms with van der Waals surface area (Å²) in [5.74, 6) is 0.230. The molecule has 34 heavy (non-hydrogen) atoms. The monoisotopic (exact) mass is 540 g/mol. The van der Waals surface area contributed by atoms with Crippen LogP contribution in [-0.2, 0) is 21.4 Å². The Labute approximate surface area is 214 Å². The van der Waals surface area contributed by atoms with E-state index in [1.54, 1.807) is 31.4 Å². The Hall–Kier alpha value is -2.29. The van der Waals surface area contributed by atoms with E-state index in [1.165, 1.54) is 30.3 Å². The Bertz CT molecular complexity index is 1250. The van der Waals surface area contributed by atoms with Crippen LogP contribution in [0.25, 0.3) is 0 Å². The molecular weight excluding hydrogens is 519 g/mol. The maximum absolute atomic E-state index is 13.4. The minimum Gasteiger partial charge on any atom is -0.497 e. The van der Waals surface area contributed by atoms with E-state index >= 15 is 0 Å². The maximum atomic E-state index is 13.4. The average Bonchev–Trinajstić information content (AvgIpc) is 2.80. The molecule has 1 N–H and O–H groups in total. The summed E-state index contributed by atoms with van der Waals surface area (Å²) >= 11 is 18.2. The van der Waals surface area contributed by atoms with Gasteiger partial charge >= 0.3 is 0 Å². The Morgan fingerprint density at radius 1 is 0.971 bits per heavy atom. The normalized spacial score (nSPS) is 12.4. The number of amides is 1. The second-order valence-electron chi connectivity index (χ2n) is 7.53. The quantitative estimate of drug-likeness (QED) is 0.376. The molecule has 0 spiro atoms. The van der Waals surface area contributed by atoms with Gasteiger partial charge in [0.25, 0.3) is 0 Å². The first-order valence-corrected chi connectivity index (χ1v) is 12.8. The number of halogens is 3. The summed E-state index contributed by atoms with van der Waals surface area (Å²) in [6.07, 6.45) is 0. The van der Waals surface area contributed by atoms with E-state index in [0.29, 0.717) is 26.4 Å². The van der Waals surface area contributed by atoms with Crippen LogP contribution >= 0.6 is 34.8 Å². The molecule has 1 unspecified atom stereocenters. The minimum atomic E-state index is -4.04. The number of carbonyl (C=O) groups is 1. The van der Waals surface area contributed by atoms with Crippen molar-refractivity contribution in [2.24, 2.45) is 0 Å². The van der Waals surface area contributed by atoms with E-state index < -0.39 is 22.5 Å². The molecule has 0 radical (unpaired) electrons. The van der Waals surface area contributed by atoms with Gasteiger partial charge in [-0.25, -0.2) is 8.42 Å².